The Hall–Kier alpha value is -1.16. The van der Waals surface area contributed by atoms with Crippen LogP contribution in [0.2, 0.25) is 0 Å². The third-order valence-corrected chi connectivity index (χ3v) is 5.76. The summed E-state index contributed by atoms with van der Waals surface area (Å²) in [5, 5.41) is 4.48. The quantitative estimate of drug-likeness (QED) is 0.875. The molecule has 2 heterocycles. The van der Waals surface area contributed by atoms with E-state index >= 15 is 0 Å². The third-order valence-electron chi connectivity index (χ3n) is 4.66. The minimum Gasteiger partial charge on any atom is -0.372 e. The van der Waals surface area contributed by atoms with Crippen molar-refractivity contribution >= 4 is 27.4 Å². The molecule has 0 amide bonds. The van der Waals surface area contributed by atoms with Gasteiger partial charge in [0.05, 0.1) is 5.39 Å². The molecule has 4 heteroatoms. The summed E-state index contributed by atoms with van der Waals surface area (Å²) in [4.78, 5) is 12.2. The Morgan fingerprint density at radius 3 is 2.45 bits per heavy atom. The Labute approximate surface area is 124 Å². The first-order valence-corrected chi connectivity index (χ1v) is 8.37. The van der Waals surface area contributed by atoms with Gasteiger partial charge in [-0.15, -0.1) is 11.3 Å². The van der Waals surface area contributed by atoms with Gasteiger partial charge in [-0.2, -0.15) is 0 Å². The molecule has 0 unspecified atom stereocenters. The average Bonchev–Trinajstić information content (AvgIpc) is 2.74. The first kappa shape index (κ1) is 13.8. The summed E-state index contributed by atoms with van der Waals surface area (Å²) in [7, 11) is 1.96. The van der Waals surface area contributed by atoms with Crippen molar-refractivity contribution in [1.29, 1.82) is 0 Å². The highest BCUT2D eigenvalue weighted by atomic mass is 32.1. The van der Waals surface area contributed by atoms with Crippen molar-refractivity contribution in [3.8, 4) is 0 Å². The van der Waals surface area contributed by atoms with Gasteiger partial charge in [-0.3, -0.25) is 0 Å². The first-order chi connectivity index (χ1) is 9.60. The van der Waals surface area contributed by atoms with E-state index in [-0.39, 0.29) is 0 Å². The largest absolute Gasteiger partial charge is 0.372 e. The van der Waals surface area contributed by atoms with Gasteiger partial charge in [-0.1, -0.05) is 19.8 Å². The van der Waals surface area contributed by atoms with Gasteiger partial charge in [0.2, 0.25) is 0 Å². The van der Waals surface area contributed by atoms with Crippen LogP contribution in [0, 0.1) is 19.8 Å². The molecule has 3 nitrogen and oxygen atoms in total. The van der Waals surface area contributed by atoms with E-state index in [1.165, 1.54) is 41.5 Å². The zero-order chi connectivity index (χ0) is 14.3. The predicted octanol–water partition coefficient (Wildman–Crippen LogP) is 4.64. The van der Waals surface area contributed by atoms with Gasteiger partial charge < -0.3 is 5.32 Å². The first-order valence-electron chi connectivity index (χ1n) is 7.55. The Morgan fingerprint density at radius 1 is 1.10 bits per heavy atom. The van der Waals surface area contributed by atoms with E-state index < -0.39 is 0 Å². The lowest BCUT2D eigenvalue weighted by Crippen LogP contribution is -2.14. The maximum atomic E-state index is 4.88. The Balaban J connectivity index is 2.04. The molecular formula is C16H23N3S. The number of rotatable bonds is 2. The topological polar surface area (TPSA) is 37.8 Å². The fourth-order valence-corrected chi connectivity index (χ4v) is 4.18. The lowest BCUT2D eigenvalue weighted by atomic mass is 9.82. The van der Waals surface area contributed by atoms with E-state index in [0.29, 0.717) is 5.92 Å². The van der Waals surface area contributed by atoms with E-state index in [2.05, 4.69) is 26.1 Å². The number of aryl methyl sites for hydroxylation is 2. The molecule has 2 aromatic rings. The normalized spacial score (nSPS) is 23.2. The molecule has 108 valence electrons. The molecule has 1 fully saturated rings. The second-order valence-electron chi connectivity index (χ2n) is 6.10. The SMILES string of the molecule is CNc1nc(C2CCC(C)CC2)nc2sc(C)c(C)c12. The van der Waals surface area contributed by atoms with E-state index in [1.807, 2.05) is 7.05 Å². The summed E-state index contributed by atoms with van der Waals surface area (Å²) < 4.78 is 0. The van der Waals surface area contributed by atoms with Gasteiger partial charge in [-0.05, 0) is 38.2 Å². The van der Waals surface area contributed by atoms with Gasteiger partial charge in [0.25, 0.3) is 0 Å². The van der Waals surface area contributed by atoms with Crippen molar-refractivity contribution in [1.82, 2.24) is 9.97 Å². The maximum absolute atomic E-state index is 4.88. The predicted molar refractivity (Wildman–Crippen MR) is 86.8 cm³/mol. The molecule has 1 aliphatic rings. The molecule has 0 saturated heterocycles. The highest BCUT2D eigenvalue weighted by molar-refractivity contribution is 7.18. The Kier molecular flexibility index (Phi) is 3.67. The number of aromatic nitrogens is 2. The monoisotopic (exact) mass is 289 g/mol. The standard InChI is InChI=1S/C16H23N3S/c1-9-5-7-12(8-6-9)14-18-15(17-4)13-10(2)11(3)20-16(13)19-14/h9,12H,5-8H2,1-4H3,(H,17,18,19). The second kappa shape index (κ2) is 5.32. The van der Waals surface area contributed by atoms with Crippen molar-refractivity contribution < 1.29 is 0 Å². The van der Waals surface area contributed by atoms with Crippen LogP contribution < -0.4 is 5.32 Å². The highest BCUT2D eigenvalue weighted by Crippen LogP contribution is 2.38. The van der Waals surface area contributed by atoms with Crippen molar-refractivity contribution in [3.63, 3.8) is 0 Å². The minimum absolute atomic E-state index is 0.547. The number of nitrogens with zero attached hydrogens (tertiary/aromatic N) is 2. The maximum Gasteiger partial charge on any atom is 0.138 e. The summed E-state index contributed by atoms with van der Waals surface area (Å²) >= 11 is 1.80. The molecule has 0 radical (unpaired) electrons. The molecule has 20 heavy (non-hydrogen) atoms. The zero-order valence-corrected chi connectivity index (χ0v) is 13.6. The Bertz CT molecular complexity index is 624. The smallest absolute Gasteiger partial charge is 0.138 e. The average molecular weight is 289 g/mol. The second-order valence-corrected chi connectivity index (χ2v) is 7.30. The summed E-state index contributed by atoms with van der Waals surface area (Å²) in [6, 6.07) is 0. The fourth-order valence-electron chi connectivity index (χ4n) is 3.15. The van der Waals surface area contributed by atoms with E-state index in [9.17, 15) is 0 Å². The van der Waals surface area contributed by atoms with Gasteiger partial charge in [0.1, 0.15) is 16.5 Å². The van der Waals surface area contributed by atoms with Crippen LogP contribution in [0.25, 0.3) is 10.2 Å². The molecule has 0 atom stereocenters. The number of anilines is 1. The summed E-state index contributed by atoms with van der Waals surface area (Å²) in [5.41, 5.74) is 1.32. The van der Waals surface area contributed by atoms with Gasteiger partial charge in [0, 0.05) is 17.8 Å². The summed E-state index contributed by atoms with van der Waals surface area (Å²) in [5.74, 6) is 3.47. The van der Waals surface area contributed by atoms with Crippen LogP contribution in [-0.2, 0) is 0 Å². The fraction of sp³-hybridized carbons (Fsp3) is 0.625. The molecule has 1 aliphatic carbocycles. The number of thiophene rings is 1. The summed E-state index contributed by atoms with van der Waals surface area (Å²) in [6.07, 6.45) is 5.09. The molecule has 0 bridgehead atoms. The zero-order valence-electron chi connectivity index (χ0n) is 12.8. The van der Waals surface area contributed by atoms with Crippen molar-refractivity contribution in [2.24, 2.45) is 5.92 Å². The van der Waals surface area contributed by atoms with Crippen LogP contribution >= 0.6 is 11.3 Å². The van der Waals surface area contributed by atoms with Gasteiger partial charge in [0.15, 0.2) is 0 Å². The van der Waals surface area contributed by atoms with Crippen LogP contribution in [0.3, 0.4) is 0 Å². The van der Waals surface area contributed by atoms with Crippen LogP contribution in [0.1, 0.15) is 54.8 Å². The van der Waals surface area contributed by atoms with Gasteiger partial charge in [-0.25, -0.2) is 9.97 Å². The number of hydrogen-bond acceptors (Lipinski definition) is 4. The molecule has 1 N–H and O–H groups in total. The highest BCUT2D eigenvalue weighted by Gasteiger charge is 2.24. The molecular weight excluding hydrogens is 266 g/mol. The lowest BCUT2D eigenvalue weighted by Gasteiger charge is -2.25. The molecule has 0 aliphatic heterocycles. The van der Waals surface area contributed by atoms with Crippen LogP contribution in [0.15, 0.2) is 0 Å². The molecule has 1 saturated carbocycles. The molecule has 0 aromatic carbocycles. The molecule has 0 spiro atoms. The van der Waals surface area contributed by atoms with E-state index in [0.717, 1.165) is 22.4 Å². The van der Waals surface area contributed by atoms with Crippen molar-refractivity contribution in [2.75, 3.05) is 12.4 Å². The molecule has 3 rings (SSSR count). The van der Waals surface area contributed by atoms with Gasteiger partial charge >= 0.3 is 0 Å². The Morgan fingerprint density at radius 2 is 1.80 bits per heavy atom. The summed E-state index contributed by atoms with van der Waals surface area (Å²) in [6.45, 7) is 6.69. The number of nitrogens with one attached hydrogen (secondary N) is 1. The molecule has 2 aromatic heterocycles. The lowest BCUT2D eigenvalue weighted by molar-refractivity contribution is 0.340. The number of hydrogen-bond donors (Lipinski definition) is 1. The third kappa shape index (κ3) is 2.30. The van der Waals surface area contributed by atoms with Crippen LogP contribution in [0.4, 0.5) is 5.82 Å². The number of fused-ring (bicyclic) bond motifs is 1. The van der Waals surface area contributed by atoms with Crippen LogP contribution in [-0.4, -0.2) is 17.0 Å². The van der Waals surface area contributed by atoms with Crippen molar-refractivity contribution in [2.45, 2.75) is 52.4 Å². The van der Waals surface area contributed by atoms with E-state index in [4.69, 9.17) is 9.97 Å². The van der Waals surface area contributed by atoms with Crippen LogP contribution in [0.5, 0.6) is 0 Å². The van der Waals surface area contributed by atoms with E-state index in [1.54, 1.807) is 11.3 Å². The minimum atomic E-state index is 0.547. The van der Waals surface area contributed by atoms with Crippen molar-refractivity contribution in [3.05, 3.63) is 16.3 Å².